The molecule has 0 spiro atoms. The molecule has 0 aromatic rings. The highest BCUT2D eigenvalue weighted by Gasteiger charge is 2.60. The lowest BCUT2D eigenvalue weighted by molar-refractivity contribution is -0.117. The predicted molar refractivity (Wildman–Crippen MR) is 155 cm³/mol. The van der Waals surface area contributed by atoms with Crippen LogP contribution in [0.4, 0.5) is 0 Å². The first kappa shape index (κ1) is 28.3. The predicted octanol–water partition coefficient (Wildman–Crippen LogP) is 7.25. The maximum absolute atomic E-state index is 4.06. The zero-order valence-corrected chi connectivity index (χ0v) is 25.1. The second-order valence-electron chi connectivity index (χ2n) is 14.6. The maximum atomic E-state index is 4.06. The van der Waals surface area contributed by atoms with Gasteiger partial charge in [0.1, 0.15) is 0 Å². The van der Waals surface area contributed by atoms with Crippen molar-refractivity contribution in [2.45, 2.75) is 124 Å². The van der Waals surface area contributed by atoms with E-state index in [1.807, 2.05) is 0 Å². The van der Waals surface area contributed by atoms with Crippen molar-refractivity contribution in [1.29, 1.82) is 0 Å². The molecular weight excluding hydrogens is 438 g/mol. The van der Waals surface area contributed by atoms with Crippen molar-refractivity contribution in [2.75, 3.05) is 20.1 Å². The molecule has 4 saturated carbocycles. The van der Waals surface area contributed by atoms with Crippen LogP contribution in [0.5, 0.6) is 0 Å². The number of fused-ring (bicyclic) bond motifs is 5. The summed E-state index contributed by atoms with van der Waals surface area (Å²) in [7, 11) is 2.26. The van der Waals surface area contributed by atoms with Crippen molar-refractivity contribution in [3.63, 3.8) is 0 Å². The fourth-order valence-corrected chi connectivity index (χ4v) is 9.86. The number of nitrogens with one attached hydrogen (secondary N) is 2. The molecular formula is C33H59N3. The normalized spacial score (nSPS) is 41.0. The van der Waals surface area contributed by atoms with Gasteiger partial charge in [-0.2, -0.15) is 0 Å². The van der Waals surface area contributed by atoms with Gasteiger partial charge in [-0.3, -0.25) is 0 Å². The quantitative estimate of drug-likeness (QED) is 0.329. The van der Waals surface area contributed by atoms with Crippen LogP contribution in [0, 0.1) is 46.3 Å². The van der Waals surface area contributed by atoms with E-state index in [9.17, 15) is 0 Å². The Morgan fingerprint density at radius 1 is 0.944 bits per heavy atom. The number of nitrogens with zero attached hydrogens (tertiary/aromatic N) is 1. The molecule has 3 nitrogen and oxygen atoms in total. The molecule has 0 bridgehead atoms. The van der Waals surface area contributed by atoms with Gasteiger partial charge in [0.2, 0.25) is 0 Å². The highest BCUT2D eigenvalue weighted by Crippen LogP contribution is 2.68. The molecule has 206 valence electrons. The highest BCUT2D eigenvalue weighted by molar-refractivity contribution is 5.14. The summed E-state index contributed by atoms with van der Waals surface area (Å²) in [5.74, 6) is 5.08. The molecule has 0 amide bonds. The van der Waals surface area contributed by atoms with Crippen molar-refractivity contribution in [3.8, 4) is 0 Å². The van der Waals surface area contributed by atoms with Crippen LogP contribution in [0.3, 0.4) is 0 Å². The Kier molecular flexibility index (Phi) is 8.75. The van der Waals surface area contributed by atoms with Crippen molar-refractivity contribution in [2.24, 2.45) is 46.3 Å². The van der Waals surface area contributed by atoms with Crippen LogP contribution in [-0.2, 0) is 0 Å². The van der Waals surface area contributed by atoms with Crippen molar-refractivity contribution in [1.82, 2.24) is 15.5 Å². The molecule has 0 aliphatic heterocycles. The van der Waals surface area contributed by atoms with Crippen molar-refractivity contribution < 1.29 is 0 Å². The van der Waals surface area contributed by atoms with Gasteiger partial charge in [0.15, 0.2) is 0 Å². The lowest BCUT2D eigenvalue weighted by atomic mass is 9.44. The minimum Gasteiger partial charge on any atom is -0.380 e. The summed E-state index contributed by atoms with van der Waals surface area (Å²) < 4.78 is 0. The van der Waals surface area contributed by atoms with Crippen LogP contribution >= 0.6 is 0 Å². The molecule has 3 heteroatoms. The molecule has 0 radical (unpaired) electrons. The first-order chi connectivity index (χ1) is 17.0. The highest BCUT2D eigenvalue weighted by atomic mass is 15.1. The van der Waals surface area contributed by atoms with E-state index in [0.717, 1.165) is 48.7 Å². The largest absolute Gasteiger partial charge is 0.380 e. The number of hydrogen-bond acceptors (Lipinski definition) is 3. The topological polar surface area (TPSA) is 27.3 Å². The van der Waals surface area contributed by atoms with Gasteiger partial charge >= 0.3 is 0 Å². The third-order valence-corrected chi connectivity index (χ3v) is 12.2. The summed E-state index contributed by atoms with van der Waals surface area (Å²) in [5, 5.41) is 7.64. The molecule has 36 heavy (non-hydrogen) atoms. The Bertz CT molecular complexity index is 797. The van der Waals surface area contributed by atoms with E-state index in [-0.39, 0.29) is 0 Å². The van der Waals surface area contributed by atoms with E-state index < -0.39 is 0 Å². The standard InChI is InChI=1S/C33H59N3/c1-10-31(35-22(2)3)24(6)28-13-14-29-27-12-11-25-21-26(34-19-20-36(9)23(4)5)15-17-32(25,7)30(27)16-18-33(28,29)8/h22-30,34-35H,1,11-21H2,2-9H3. The molecule has 4 aliphatic carbocycles. The van der Waals surface area contributed by atoms with Crippen LogP contribution in [-0.4, -0.2) is 43.2 Å². The molecule has 2 N–H and O–H groups in total. The number of likely N-dealkylation sites (N-methyl/N-ethyl adjacent to an activating group) is 1. The fourth-order valence-electron chi connectivity index (χ4n) is 9.86. The summed E-state index contributed by atoms with van der Waals surface area (Å²) >= 11 is 0. The molecule has 4 rings (SSSR count). The van der Waals surface area contributed by atoms with Crippen LogP contribution in [0.15, 0.2) is 18.0 Å². The smallest absolute Gasteiger partial charge is 0.0565 e. The van der Waals surface area contributed by atoms with Gasteiger partial charge in [-0.05, 0) is 133 Å². The van der Waals surface area contributed by atoms with Crippen LogP contribution in [0.1, 0.15) is 106 Å². The van der Waals surface area contributed by atoms with Crippen LogP contribution in [0.25, 0.3) is 0 Å². The number of hydrogen-bond donors (Lipinski definition) is 2. The first-order valence-electron chi connectivity index (χ1n) is 15.6. The van der Waals surface area contributed by atoms with E-state index in [1.54, 1.807) is 0 Å². The molecule has 4 fully saturated rings. The zero-order chi connectivity index (χ0) is 26.3. The van der Waals surface area contributed by atoms with E-state index in [2.05, 4.69) is 83.4 Å². The SMILES string of the molecule is C=C=C(NC(C)C)C(C)C1CCC2C3CCC4CC(NCCN(C)C(C)C)CCC4(C)C3CCC12C. The van der Waals surface area contributed by atoms with Gasteiger partial charge in [0.05, 0.1) is 5.70 Å². The van der Waals surface area contributed by atoms with Crippen molar-refractivity contribution >= 4 is 0 Å². The Morgan fingerprint density at radius 3 is 2.31 bits per heavy atom. The second kappa shape index (κ2) is 11.2. The second-order valence-corrected chi connectivity index (χ2v) is 14.6. The van der Waals surface area contributed by atoms with E-state index in [1.165, 1.54) is 63.5 Å². The zero-order valence-electron chi connectivity index (χ0n) is 25.1. The summed E-state index contributed by atoms with van der Waals surface area (Å²) in [5.41, 5.74) is 5.63. The maximum Gasteiger partial charge on any atom is 0.0565 e. The number of allylic oxidation sites excluding steroid dienone is 1. The molecule has 0 heterocycles. The summed E-state index contributed by atoms with van der Waals surface area (Å²) in [6.45, 7) is 23.3. The molecule has 9 atom stereocenters. The van der Waals surface area contributed by atoms with E-state index in [4.69, 9.17) is 0 Å². The molecule has 0 aromatic carbocycles. The Hall–Kier alpha value is -0.760. The Labute approximate surface area is 224 Å². The third kappa shape index (κ3) is 5.23. The van der Waals surface area contributed by atoms with Crippen molar-refractivity contribution in [3.05, 3.63) is 18.0 Å². The molecule has 0 aromatic heterocycles. The average Bonchev–Trinajstić information content (AvgIpc) is 3.19. The lowest BCUT2D eigenvalue weighted by Gasteiger charge is -2.61. The third-order valence-electron chi connectivity index (χ3n) is 12.2. The average molecular weight is 498 g/mol. The molecule has 0 saturated heterocycles. The fraction of sp³-hybridized carbons (Fsp3) is 0.909. The van der Waals surface area contributed by atoms with Crippen LogP contribution < -0.4 is 10.6 Å². The summed E-state index contributed by atoms with van der Waals surface area (Å²) in [6.07, 6.45) is 13.0. The summed E-state index contributed by atoms with van der Waals surface area (Å²) in [4.78, 5) is 2.46. The number of rotatable bonds is 9. The van der Waals surface area contributed by atoms with Gasteiger partial charge in [-0.25, -0.2) is 0 Å². The molecule has 4 aliphatic rings. The van der Waals surface area contributed by atoms with Gasteiger partial charge in [-0.1, -0.05) is 27.4 Å². The van der Waals surface area contributed by atoms with Gasteiger partial charge < -0.3 is 15.5 Å². The van der Waals surface area contributed by atoms with Gasteiger partial charge in [0, 0.05) is 37.1 Å². The summed E-state index contributed by atoms with van der Waals surface area (Å²) in [6, 6.07) is 1.83. The van der Waals surface area contributed by atoms with Gasteiger partial charge in [-0.15, -0.1) is 5.73 Å². The minimum atomic E-state index is 0.452. The van der Waals surface area contributed by atoms with Crippen LogP contribution in [0.2, 0.25) is 0 Å². The van der Waals surface area contributed by atoms with E-state index in [0.29, 0.717) is 28.8 Å². The lowest BCUT2D eigenvalue weighted by Crippen LogP contribution is -2.55. The Morgan fingerprint density at radius 2 is 1.64 bits per heavy atom. The monoisotopic (exact) mass is 497 g/mol. The minimum absolute atomic E-state index is 0.452. The van der Waals surface area contributed by atoms with E-state index >= 15 is 0 Å². The van der Waals surface area contributed by atoms with Gasteiger partial charge in [0.25, 0.3) is 0 Å². The molecule has 9 unspecified atom stereocenters. The Balaban J connectivity index is 1.40. The first-order valence-corrected chi connectivity index (χ1v) is 15.6.